The highest BCUT2D eigenvalue weighted by atomic mass is 35.5. The number of benzene rings is 2. The summed E-state index contributed by atoms with van der Waals surface area (Å²) in [5.74, 6) is -0.199. The van der Waals surface area contributed by atoms with Crippen molar-refractivity contribution in [3.63, 3.8) is 0 Å². The molecule has 0 fully saturated rings. The Labute approximate surface area is 145 Å². The van der Waals surface area contributed by atoms with Gasteiger partial charge in [-0.25, -0.2) is 8.42 Å². The van der Waals surface area contributed by atoms with Crippen molar-refractivity contribution < 1.29 is 13.2 Å². The molecule has 0 aromatic heterocycles. The quantitative estimate of drug-likeness (QED) is 0.813. The molecule has 23 heavy (non-hydrogen) atoms. The summed E-state index contributed by atoms with van der Waals surface area (Å²) >= 11 is 7.23. The second-order valence-corrected chi connectivity index (χ2v) is 8.87. The molecule has 0 spiro atoms. The van der Waals surface area contributed by atoms with E-state index in [9.17, 15) is 13.2 Å². The molecule has 2 aromatic carbocycles. The number of carbonyl (C=O) groups is 1. The SMILES string of the molecule is CC(Sc1ccc(Cl)cc1)C(=O)Nc1cccc(S(C)(=O)=O)c1. The molecule has 0 radical (unpaired) electrons. The van der Waals surface area contributed by atoms with Crippen molar-refractivity contribution >= 4 is 44.8 Å². The molecule has 0 saturated carbocycles. The Morgan fingerprint density at radius 2 is 1.83 bits per heavy atom. The Morgan fingerprint density at radius 3 is 2.43 bits per heavy atom. The largest absolute Gasteiger partial charge is 0.325 e. The lowest BCUT2D eigenvalue weighted by atomic mass is 10.3. The number of nitrogens with one attached hydrogen (secondary N) is 1. The molecular formula is C16H16ClNO3S2. The van der Waals surface area contributed by atoms with E-state index in [-0.39, 0.29) is 16.1 Å². The van der Waals surface area contributed by atoms with Crippen LogP contribution in [0.3, 0.4) is 0 Å². The molecule has 0 heterocycles. The minimum absolute atomic E-state index is 0.174. The van der Waals surface area contributed by atoms with Gasteiger partial charge in [0.05, 0.1) is 10.1 Å². The molecule has 1 unspecified atom stereocenters. The van der Waals surface area contributed by atoms with Crippen LogP contribution in [0.25, 0.3) is 0 Å². The fourth-order valence-electron chi connectivity index (χ4n) is 1.82. The van der Waals surface area contributed by atoms with Gasteiger partial charge in [0.15, 0.2) is 9.84 Å². The van der Waals surface area contributed by atoms with Crippen LogP contribution in [0.2, 0.25) is 5.02 Å². The fourth-order valence-corrected chi connectivity index (χ4v) is 3.48. The third kappa shape index (κ3) is 5.27. The summed E-state index contributed by atoms with van der Waals surface area (Å²) in [6, 6.07) is 13.4. The van der Waals surface area contributed by atoms with E-state index in [4.69, 9.17) is 11.6 Å². The van der Waals surface area contributed by atoms with E-state index in [0.29, 0.717) is 10.7 Å². The Morgan fingerprint density at radius 1 is 1.17 bits per heavy atom. The minimum atomic E-state index is -3.30. The predicted octanol–water partition coefficient (Wildman–Crippen LogP) is 3.86. The molecular weight excluding hydrogens is 354 g/mol. The van der Waals surface area contributed by atoms with Gasteiger partial charge in [0.2, 0.25) is 5.91 Å². The topological polar surface area (TPSA) is 63.2 Å². The molecule has 1 amide bonds. The zero-order valence-corrected chi connectivity index (χ0v) is 15.0. The van der Waals surface area contributed by atoms with Gasteiger partial charge in [-0.1, -0.05) is 17.7 Å². The van der Waals surface area contributed by atoms with Crippen molar-refractivity contribution in [2.45, 2.75) is 22.0 Å². The normalized spacial score (nSPS) is 12.7. The van der Waals surface area contributed by atoms with Crippen molar-refractivity contribution in [2.75, 3.05) is 11.6 Å². The minimum Gasteiger partial charge on any atom is -0.325 e. The fraction of sp³-hybridized carbons (Fsp3) is 0.188. The van der Waals surface area contributed by atoms with Gasteiger partial charge in [-0.2, -0.15) is 0 Å². The Hall–Kier alpha value is -1.50. The number of thioether (sulfide) groups is 1. The zero-order chi connectivity index (χ0) is 17.0. The first-order chi connectivity index (χ1) is 10.8. The van der Waals surface area contributed by atoms with Crippen molar-refractivity contribution in [2.24, 2.45) is 0 Å². The van der Waals surface area contributed by atoms with Gasteiger partial charge in [-0.15, -0.1) is 11.8 Å². The standard InChI is InChI=1S/C16H16ClNO3S2/c1-11(22-14-8-6-12(17)7-9-14)16(19)18-13-4-3-5-15(10-13)23(2,20)21/h3-11H,1-2H3,(H,18,19). The van der Waals surface area contributed by atoms with Crippen LogP contribution < -0.4 is 5.32 Å². The summed E-state index contributed by atoms with van der Waals surface area (Å²) in [6.45, 7) is 1.79. The van der Waals surface area contributed by atoms with Crippen LogP contribution in [-0.4, -0.2) is 25.8 Å². The molecule has 0 aliphatic rings. The Bertz CT molecular complexity index is 804. The Balaban J connectivity index is 2.05. The number of rotatable bonds is 5. The molecule has 0 aliphatic heterocycles. The van der Waals surface area contributed by atoms with Crippen molar-refractivity contribution in [3.8, 4) is 0 Å². The first-order valence-corrected chi connectivity index (χ1v) is 9.94. The highest BCUT2D eigenvalue weighted by Crippen LogP contribution is 2.26. The lowest BCUT2D eigenvalue weighted by molar-refractivity contribution is -0.115. The molecule has 2 aromatic rings. The number of halogens is 1. The molecule has 122 valence electrons. The number of amides is 1. The van der Waals surface area contributed by atoms with Gasteiger partial charge >= 0.3 is 0 Å². The maximum atomic E-state index is 12.2. The molecule has 7 heteroatoms. The van der Waals surface area contributed by atoms with Gasteiger partial charge < -0.3 is 5.32 Å². The van der Waals surface area contributed by atoms with Crippen LogP contribution >= 0.6 is 23.4 Å². The third-order valence-corrected chi connectivity index (χ3v) is 5.50. The van der Waals surface area contributed by atoms with Crippen LogP contribution in [0.15, 0.2) is 58.3 Å². The van der Waals surface area contributed by atoms with Crippen LogP contribution in [0.5, 0.6) is 0 Å². The lowest BCUT2D eigenvalue weighted by Crippen LogP contribution is -2.22. The number of anilines is 1. The average molecular weight is 370 g/mol. The Kier molecular flexibility index (Phi) is 5.73. The van der Waals surface area contributed by atoms with Gasteiger partial charge in [0.1, 0.15) is 0 Å². The molecule has 2 rings (SSSR count). The number of hydrogen-bond donors (Lipinski definition) is 1. The van der Waals surface area contributed by atoms with Crippen molar-refractivity contribution in [1.29, 1.82) is 0 Å². The summed E-state index contributed by atoms with van der Waals surface area (Å²) in [7, 11) is -3.30. The predicted molar refractivity (Wildman–Crippen MR) is 95.0 cm³/mol. The maximum Gasteiger partial charge on any atom is 0.237 e. The molecule has 1 N–H and O–H groups in total. The second-order valence-electron chi connectivity index (χ2n) is 5.00. The van der Waals surface area contributed by atoms with Gasteiger partial charge in [0, 0.05) is 21.9 Å². The summed E-state index contributed by atoms with van der Waals surface area (Å²) in [5, 5.41) is 3.04. The van der Waals surface area contributed by atoms with Gasteiger partial charge in [-0.05, 0) is 49.4 Å². The van der Waals surface area contributed by atoms with E-state index in [2.05, 4.69) is 5.32 Å². The summed E-state index contributed by atoms with van der Waals surface area (Å²) in [6.07, 6.45) is 1.13. The number of sulfone groups is 1. The number of carbonyl (C=O) groups excluding carboxylic acids is 1. The molecule has 0 saturated heterocycles. The van der Waals surface area contributed by atoms with Gasteiger partial charge in [-0.3, -0.25) is 4.79 Å². The van der Waals surface area contributed by atoms with E-state index in [1.165, 1.54) is 23.9 Å². The number of hydrogen-bond acceptors (Lipinski definition) is 4. The van der Waals surface area contributed by atoms with E-state index in [1.54, 1.807) is 31.2 Å². The monoisotopic (exact) mass is 369 g/mol. The van der Waals surface area contributed by atoms with Crippen LogP contribution in [0, 0.1) is 0 Å². The molecule has 1 atom stereocenters. The van der Waals surface area contributed by atoms with Crippen LogP contribution in [0.4, 0.5) is 5.69 Å². The maximum absolute atomic E-state index is 12.2. The van der Waals surface area contributed by atoms with Crippen molar-refractivity contribution in [3.05, 3.63) is 53.6 Å². The van der Waals surface area contributed by atoms with Gasteiger partial charge in [0.25, 0.3) is 0 Å². The third-order valence-electron chi connectivity index (χ3n) is 3.03. The van der Waals surface area contributed by atoms with E-state index >= 15 is 0 Å². The summed E-state index contributed by atoms with van der Waals surface area (Å²) in [4.78, 5) is 13.3. The molecule has 0 aliphatic carbocycles. The first-order valence-electron chi connectivity index (χ1n) is 6.79. The molecule has 0 bridgehead atoms. The van der Waals surface area contributed by atoms with E-state index in [1.807, 2.05) is 12.1 Å². The highest BCUT2D eigenvalue weighted by Gasteiger charge is 2.15. The highest BCUT2D eigenvalue weighted by molar-refractivity contribution is 8.00. The van der Waals surface area contributed by atoms with Crippen molar-refractivity contribution in [1.82, 2.24) is 0 Å². The van der Waals surface area contributed by atoms with Crippen LogP contribution in [-0.2, 0) is 14.6 Å². The first kappa shape index (κ1) is 17.8. The molecule has 4 nitrogen and oxygen atoms in total. The zero-order valence-electron chi connectivity index (χ0n) is 12.6. The average Bonchev–Trinajstić information content (AvgIpc) is 2.49. The summed E-state index contributed by atoms with van der Waals surface area (Å²) in [5.41, 5.74) is 0.460. The van der Waals surface area contributed by atoms with Crippen LogP contribution in [0.1, 0.15) is 6.92 Å². The van der Waals surface area contributed by atoms with E-state index in [0.717, 1.165) is 11.2 Å². The second kappa shape index (κ2) is 7.38. The smallest absolute Gasteiger partial charge is 0.237 e. The summed E-state index contributed by atoms with van der Waals surface area (Å²) < 4.78 is 23.1. The lowest BCUT2D eigenvalue weighted by Gasteiger charge is -2.12. The van der Waals surface area contributed by atoms with E-state index < -0.39 is 9.84 Å².